The topological polar surface area (TPSA) is 141 Å². The number of rotatable bonds is 12. The van der Waals surface area contributed by atoms with Crippen LogP contribution in [0.5, 0.6) is 5.75 Å². The van der Waals surface area contributed by atoms with Crippen molar-refractivity contribution in [2.75, 3.05) is 6.61 Å². The number of ether oxygens (including phenoxy) is 1. The standard InChI is InChI=1S/C27H31N3O6/c1-4-16(3)24(27(34)35)29-21(31)15-36-20-13-9-12-19-22(20)23(25(32)26(28)33)18(5-2)30(19)14-17-10-7-6-8-11-17/h6-13,16,24H,4-5,14-15H2,1-3H3,(H2,28,33)(H,29,31)(H,34,35)/t16?,24-/m1/s1. The number of ketones is 1. The first-order valence-electron chi connectivity index (χ1n) is 11.9. The number of fused-ring (bicyclic) bond motifs is 1. The van der Waals surface area contributed by atoms with E-state index in [0.717, 1.165) is 5.56 Å². The second-order valence-electron chi connectivity index (χ2n) is 8.65. The number of carbonyl (C=O) groups excluding carboxylic acids is 3. The van der Waals surface area contributed by atoms with E-state index < -0.39 is 36.2 Å². The average Bonchev–Trinajstić information content (AvgIpc) is 3.18. The van der Waals surface area contributed by atoms with E-state index in [2.05, 4.69) is 5.32 Å². The molecule has 2 atom stereocenters. The summed E-state index contributed by atoms with van der Waals surface area (Å²) < 4.78 is 7.73. The molecule has 0 saturated carbocycles. The minimum Gasteiger partial charge on any atom is -0.483 e. The number of carbonyl (C=O) groups is 4. The molecule has 0 fully saturated rings. The molecular weight excluding hydrogens is 462 g/mol. The van der Waals surface area contributed by atoms with Crippen LogP contribution in [0, 0.1) is 5.92 Å². The van der Waals surface area contributed by atoms with Crippen LogP contribution in [-0.2, 0) is 27.3 Å². The smallest absolute Gasteiger partial charge is 0.326 e. The van der Waals surface area contributed by atoms with Crippen LogP contribution in [0.15, 0.2) is 48.5 Å². The summed E-state index contributed by atoms with van der Waals surface area (Å²) in [6.07, 6.45) is 1.02. The Balaban J connectivity index is 2.02. The van der Waals surface area contributed by atoms with Gasteiger partial charge in [0, 0.05) is 12.2 Å². The van der Waals surface area contributed by atoms with Gasteiger partial charge in [-0.1, -0.05) is 63.6 Å². The van der Waals surface area contributed by atoms with Crippen LogP contribution >= 0.6 is 0 Å². The van der Waals surface area contributed by atoms with Crippen LogP contribution in [0.2, 0.25) is 0 Å². The molecule has 0 bridgehead atoms. The second-order valence-corrected chi connectivity index (χ2v) is 8.65. The zero-order chi connectivity index (χ0) is 26.4. The summed E-state index contributed by atoms with van der Waals surface area (Å²) in [6, 6.07) is 13.8. The zero-order valence-electron chi connectivity index (χ0n) is 20.6. The molecule has 1 unspecified atom stereocenters. The highest BCUT2D eigenvalue weighted by Crippen LogP contribution is 2.35. The lowest BCUT2D eigenvalue weighted by Crippen LogP contribution is -2.46. The van der Waals surface area contributed by atoms with Crippen molar-refractivity contribution in [3.05, 3.63) is 65.4 Å². The molecule has 190 valence electrons. The molecule has 1 aromatic heterocycles. The molecule has 36 heavy (non-hydrogen) atoms. The van der Waals surface area contributed by atoms with Crippen LogP contribution in [0.3, 0.4) is 0 Å². The van der Waals surface area contributed by atoms with E-state index >= 15 is 0 Å². The third kappa shape index (κ3) is 5.56. The quantitative estimate of drug-likeness (QED) is 0.262. The number of Topliss-reactive ketones (excluding diaryl/α,β-unsaturated/α-hetero) is 1. The van der Waals surface area contributed by atoms with E-state index in [9.17, 15) is 24.3 Å². The Hall–Kier alpha value is -4.14. The van der Waals surface area contributed by atoms with Gasteiger partial charge in [0.05, 0.1) is 16.5 Å². The monoisotopic (exact) mass is 493 g/mol. The number of carboxylic acids is 1. The fraction of sp³-hybridized carbons (Fsp3) is 0.333. The fourth-order valence-corrected chi connectivity index (χ4v) is 4.26. The first-order chi connectivity index (χ1) is 17.2. The molecule has 2 aromatic carbocycles. The Kier molecular flexibility index (Phi) is 8.47. The molecular formula is C27H31N3O6. The maximum atomic E-state index is 12.9. The molecule has 1 heterocycles. The Morgan fingerprint density at radius 2 is 1.75 bits per heavy atom. The molecule has 2 amide bonds. The van der Waals surface area contributed by atoms with Crippen molar-refractivity contribution in [1.82, 2.24) is 9.88 Å². The molecule has 0 radical (unpaired) electrons. The number of aliphatic carboxylic acids is 1. The SMILES string of the molecule is CCc1c(C(=O)C(N)=O)c2c(OCC(=O)N[C@@H](C(=O)O)C(C)CC)cccc2n1Cc1ccccc1. The van der Waals surface area contributed by atoms with Crippen LogP contribution in [0.25, 0.3) is 10.9 Å². The molecule has 9 nitrogen and oxygen atoms in total. The first kappa shape index (κ1) is 26.5. The van der Waals surface area contributed by atoms with Crippen molar-refractivity contribution < 1.29 is 29.0 Å². The molecule has 3 aromatic rings. The summed E-state index contributed by atoms with van der Waals surface area (Å²) in [7, 11) is 0. The number of benzene rings is 2. The van der Waals surface area contributed by atoms with Crippen molar-refractivity contribution in [3.63, 3.8) is 0 Å². The van der Waals surface area contributed by atoms with E-state index in [0.29, 0.717) is 36.0 Å². The van der Waals surface area contributed by atoms with Gasteiger partial charge in [0.2, 0.25) is 0 Å². The highest BCUT2D eigenvalue weighted by atomic mass is 16.5. The minimum absolute atomic E-state index is 0.148. The minimum atomic E-state index is -1.13. The lowest BCUT2D eigenvalue weighted by atomic mass is 9.99. The van der Waals surface area contributed by atoms with E-state index in [-0.39, 0.29) is 17.2 Å². The highest BCUT2D eigenvalue weighted by molar-refractivity contribution is 6.45. The molecule has 0 aliphatic carbocycles. The maximum Gasteiger partial charge on any atom is 0.326 e. The van der Waals surface area contributed by atoms with E-state index in [4.69, 9.17) is 10.5 Å². The Morgan fingerprint density at radius 1 is 1.06 bits per heavy atom. The van der Waals surface area contributed by atoms with Crippen molar-refractivity contribution in [2.24, 2.45) is 11.7 Å². The third-order valence-corrected chi connectivity index (χ3v) is 6.28. The fourth-order valence-electron chi connectivity index (χ4n) is 4.26. The molecule has 3 rings (SSSR count). The second kappa shape index (κ2) is 11.5. The third-order valence-electron chi connectivity index (χ3n) is 6.28. The lowest BCUT2D eigenvalue weighted by Gasteiger charge is -2.20. The molecule has 0 aliphatic heterocycles. The van der Waals surface area contributed by atoms with Gasteiger partial charge >= 0.3 is 5.97 Å². The summed E-state index contributed by atoms with van der Waals surface area (Å²) in [5, 5.41) is 12.3. The van der Waals surface area contributed by atoms with Crippen molar-refractivity contribution in [3.8, 4) is 5.75 Å². The Morgan fingerprint density at radius 3 is 2.33 bits per heavy atom. The summed E-state index contributed by atoms with van der Waals surface area (Å²) in [4.78, 5) is 49.0. The number of carboxylic acid groups (broad SMARTS) is 1. The number of aromatic nitrogens is 1. The highest BCUT2D eigenvalue weighted by Gasteiger charge is 2.28. The van der Waals surface area contributed by atoms with Gasteiger partial charge in [0.1, 0.15) is 11.8 Å². The van der Waals surface area contributed by atoms with Gasteiger partial charge in [-0.2, -0.15) is 0 Å². The molecule has 0 aliphatic rings. The zero-order valence-corrected chi connectivity index (χ0v) is 20.6. The normalized spacial score (nSPS) is 12.6. The van der Waals surface area contributed by atoms with Crippen LogP contribution in [0.1, 0.15) is 48.8 Å². The number of nitrogens with zero attached hydrogens (tertiary/aromatic N) is 1. The lowest BCUT2D eigenvalue weighted by molar-refractivity contribution is -0.143. The molecule has 4 N–H and O–H groups in total. The predicted octanol–water partition coefficient (Wildman–Crippen LogP) is 2.91. The maximum absolute atomic E-state index is 12.9. The van der Waals surface area contributed by atoms with Crippen LogP contribution in [0.4, 0.5) is 0 Å². The number of amides is 2. The van der Waals surface area contributed by atoms with E-state index in [1.165, 1.54) is 0 Å². The molecule has 9 heteroatoms. The summed E-state index contributed by atoms with van der Waals surface area (Å²) in [6.45, 7) is 5.44. The number of nitrogens with two attached hydrogens (primary N) is 1. The summed E-state index contributed by atoms with van der Waals surface area (Å²) in [5.41, 5.74) is 7.81. The van der Waals surface area contributed by atoms with Crippen molar-refractivity contribution >= 4 is 34.5 Å². The van der Waals surface area contributed by atoms with Gasteiger partial charge in [-0.15, -0.1) is 0 Å². The predicted molar refractivity (Wildman–Crippen MR) is 135 cm³/mol. The molecule has 0 spiro atoms. The molecule has 0 saturated heterocycles. The number of primary amides is 1. The number of nitrogens with one attached hydrogen (secondary N) is 1. The van der Waals surface area contributed by atoms with Gasteiger partial charge < -0.3 is 25.5 Å². The van der Waals surface area contributed by atoms with E-state index in [1.807, 2.05) is 54.8 Å². The van der Waals surface area contributed by atoms with Gasteiger partial charge in [-0.3, -0.25) is 14.4 Å². The number of hydrogen-bond donors (Lipinski definition) is 3. The van der Waals surface area contributed by atoms with Crippen molar-refractivity contribution in [1.29, 1.82) is 0 Å². The van der Waals surface area contributed by atoms with Crippen LogP contribution < -0.4 is 15.8 Å². The largest absolute Gasteiger partial charge is 0.483 e. The summed E-state index contributed by atoms with van der Waals surface area (Å²) >= 11 is 0. The van der Waals surface area contributed by atoms with Gasteiger partial charge in [0.25, 0.3) is 17.6 Å². The summed E-state index contributed by atoms with van der Waals surface area (Å²) in [5.74, 6) is -3.71. The van der Waals surface area contributed by atoms with Gasteiger partial charge in [-0.05, 0) is 30.0 Å². The van der Waals surface area contributed by atoms with E-state index in [1.54, 1.807) is 19.1 Å². The van der Waals surface area contributed by atoms with Gasteiger partial charge in [-0.25, -0.2) is 4.79 Å². The van der Waals surface area contributed by atoms with Gasteiger partial charge in [0.15, 0.2) is 6.61 Å². The van der Waals surface area contributed by atoms with Crippen LogP contribution in [-0.4, -0.2) is 45.9 Å². The van der Waals surface area contributed by atoms with Crippen molar-refractivity contribution in [2.45, 2.75) is 46.2 Å². The number of hydrogen-bond acceptors (Lipinski definition) is 5. The average molecular weight is 494 g/mol. The Labute approximate surface area is 209 Å². The Bertz CT molecular complexity index is 1280. The first-order valence-corrected chi connectivity index (χ1v) is 11.9.